The highest BCUT2D eigenvalue weighted by Gasteiger charge is 2.17. The number of anilines is 1. The molecule has 1 amide bonds. The maximum Gasteiger partial charge on any atom is 0.295 e. The second-order valence-corrected chi connectivity index (χ2v) is 5.02. The van der Waals surface area contributed by atoms with E-state index in [1.54, 1.807) is 6.92 Å². The molecule has 0 saturated carbocycles. The van der Waals surface area contributed by atoms with Gasteiger partial charge in [-0.05, 0) is 26.3 Å². The number of hydrogen-bond acceptors (Lipinski definition) is 5. The minimum absolute atomic E-state index is 0.0695. The second-order valence-electron chi connectivity index (χ2n) is 3.80. The maximum absolute atomic E-state index is 11.9. The molecule has 0 aromatic carbocycles. The Kier molecular flexibility index (Phi) is 3.12. The number of nitriles is 1. The van der Waals surface area contributed by atoms with Crippen LogP contribution in [0.1, 0.15) is 32.4 Å². The first-order chi connectivity index (χ1) is 8.52. The van der Waals surface area contributed by atoms with Gasteiger partial charge in [-0.1, -0.05) is 0 Å². The van der Waals surface area contributed by atoms with E-state index < -0.39 is 5.91 Å². The lowest BCUT2D eigenvalue weighted by Crippen LogP contribution is -2.13. The molecule has 0 aliphatic rings. The van der Waals surface area contributed by atoms with E-state index in [0.717, 1.165) is 10.4 Å². The Morgan fingerprint density at radius 1 is 1.44 bits per heavy atom. The molecule has 2 N–H and O–H groups in total. The standard InChI is InChI=1S/C11H11N5OS/c1-5-6(2)18-11(8(5)4-12)14-10(17)9-13-7(3)15-16-9/h1-3H3,(H,14,17)(H,13,15,16). The smallest absolute Gasteiger partial charge is 0.295 e. The lowest BCUT2D eigenvalue weighted by Gasteiger charge is -1.99. The molecule has 0 fully saturated rings. The fraction of sp³-hybridized carbons (Fsp3) is 0.273. The average Bonchev–Trinajstić information content (AvgIpc) is 2.85. The molecule has 18 heavy (non-hydrogen) atoms. The van der Waals surface area contributed by atoms with E-state index in [0.29, 0.717) is 16.4 Å². The fourth-order valence-electron chi connectivity index (χ4n) is 1.45. The van der Waals surface area contributed by atoms with E-state index in [-0.39, 0.29) is 5.82 Å². The van der Waals surface area contributed by atoms with Crippen LogP contribution in [0.4, 0.5) is 5.00 Å². The summed E-state index contributed by atoms with van der Waals surface area (Å²) >= 11 is 1.38. The van der Waals surface area contributed by atoms with Crippen LogP contribution in [0.25, 0.3) is 0 Å². The van der Waals surface area contributed by atoms with E-state index in [9.17, 15) is 4.79 Å². The van der Waals surface area contributed by atoms with Gasteiger partial charge in [0.15, 0.2) is 0 Å². The SMILES string of the molecule is Cc1nc(C(=O)Nc2sc(C)c(C)c2C#N)n[nH]1. The van der Waals surface area contributed by atoms with E-state index in [1.807, 2.05) is 13.8 Å². The van der Waals surface area contributed by atoms with Crippen LogP contribution in [0.15, 0.2) is 0 Å². The summed E-state index contributed by atoms with van der Waals surface area (Å²) in [4.78, 5) is 16.8. The third-order valence-electron chi connectivity index (χ3n) is 2.52. The molecule has 0 saturated heterocycles. The Morgan fingerprint density at radius 3 is 2.72 bits per heavy atom. The van der Waals surface area contributed by atoms with Crippen molar-refractivity contribution in [1.29, 1.82) is 5.26 Å². The summed E-state index contributed by atoms with van der Waals surface area (Å²) in [7, 11) is 0. The van der Waals surface area contributed by atoms with Gasteiger partial charge in [0, 0.05) is 4.88 Å². The molecule has 2 rings (SSSR count). The quantitative estimate of drug-likeness (QED) is 0.863. The number of aryl methyl sites for hydroxylation is 2. The second kappa shape index (κ2) is 4.58. The normalized spacial score (nSPS) is 10.1. The van der Waals surface area contributed by atoms with Crippen LogP contribution in [-0.4, -0.2) is 21.1 Å². The summed E-state index contributed by atoms with van der Waals surface area (Å²) in [6.07, 6.45) is 0. The summed E-state index contributed by atoms with van der Waals surface area (Å²) < 4.78 is 0. The molecule has 0 bridgehead atoms. The number of nitrogens with one attached hydrogen (secondary N) is 2. The average molecular weight is 261 g/mol. The summed E-state index contributed by atoms with van der Waals surface area (Å²) in [5.41, 5.74) is 1.39. The number of aromatic amines is 1. The molecule has 0 unspecified atom stereocenters. The number of aromatic nitrogens is 3. The van der Waals surface area contributed by atoms with Crippen molar-refractivity contribution < 1.29 is 4.79 Å². The molecule has 0 atom stereocenters. The van der Waals surface area contributed by atoms with Gasteiger partial charge in [0.05, 0.1) is 5.56 Å². The van der Waals surface area contributed by atoms with Gasteiger partial charge in [0.2, 0.25) is 5.82 Å². The number of H-pyrrole nitrogens is 1. The summed E-state index contributed by atoms with van der Waals surface area (Å²) in [5, 5.41) is 18.6. The van der Waals surface area contributed by atoms with Crippen LogP contribution >= 0.6 is 11.3 Å². The first kappa shape index (κ1) is 12.3. The van der Waals surface area contributed by atoms with Crippen molar-refractivity contribution in [3.8, 4) is 6.07 Å². The van der Waals surface area contributed by atoms with Gasteiger partial charge in [0.25, 0.3) is 5.91 Å². The minimum Gasteiger partial charge on any atom is -0.310 e. The number of nitrogens with zero attached hydrogens (tertiary/aromatic N) is 3. The van der Waals surface area contributed by atoms with E-state index in [1.165, 1.54) is 11.3 Å². The monoisotopic (exact) mass is 261 g/mol. The largest absolute Gasteiger partial charge is 0.310 e. The highest BCUT2D eigenvalue weighted by molar-refractivity contribution is 7.16. The molecule has 6 nitrogen and oxygen atoms in total. The highest BCUT2D eigenvalue weighted by Crippen LogP contribution is 2.31. The van der Waals surface area contributed by atoms with Crippen LogP contribution in [-0.2, 0) is 0 Å². The van der Waals surface area contributed by atoms with Crippen molar-refractivity contribution in [1.82, 2.24) is 15.2 Å². The number of amides is 1. The van der Waals surface area contributed by atoms with Gasteiger partial charge >= 0.3 is 0 Å². The van der Waals surface area contributed by atoms with Gasteiger partial charge in [-0.15, -0.1) is 16.4 Å². The minimum atomic E-state index is -0.419. The van der Waals surface area contributed by atoms with Crippen LogP contribution < -0.4 is 5.32 Å². The first-order valence-corrected chi connectivity index (χ1v) is 6.05. The van der Waals surface area contributed by atoms with Gasteiger partial charge in [-0.25, -0.2) is 4.98 Å². The molecule has 7 heteroatoms. The van der Waals surface area contributed by atoms with Crippen molar-refractivity contribution in [3.63, 3.8) is 0 Å². The lowest BCUT2D eigenvalue weighted by atomic mass is 10.2. The zero-order chi connectivity index (χ0) is 13.3. The van der Waals surface area contributed by atoms with Crippen LogP contribution in [0, 0.1) is 32.1 Å². The van der Waals surface area contributed by atoms with Gasteiger partial charge in [0.1, 0.15) is 16.9 Å². The van der Waals surface area contributed by atoms with Crippen LogP contribution in [0.2, 0.25) is 0 Å². The van der Waals surface area contributed by atoms with Crippen molar-refractivity contribution in [3.05, 3.63) is 27.7 Å². The highest BCUT2D eigenvalue weighted by atomic mass is 32.1. The van der Waals surface area contributed by atoms with Gasteiger partial charge in [-0.2, -0.15) is 5.26 Å². The predicted molar refractivity (Wildman–Crippen MR) is 67.6 cm³/mol. The third kappa shape index (κ3) is 2.10. The topological polar surface area (TPSA) is 94.5 Å². The zero-order valence-corrected chi connectivity index (χ0v) is 11.0. The number of hydrogen-bond donors (Lipinski definition) is 2. The van der Waals surface area contributed by atoms with Crippen molar-refractivity contribution in [2.75, 3.05) is 5.32 Å². The number of carbonyl (C=O) groups excluding carboxylic acids is 1. The van der Waals surface area contributed by atoms with E-state index >= 15 is 0 Å². The number of carbonyl (C=O) groups is 1. The molecule has 0 aliphatic carbocycles. The number of thiophene rings is 1. The van der Waals surface area contributed by atoms with Crippen molar-refractivity contribution in [2.24, 2.45) is 0 Å². The molecule has 0 aliphatic heterocycles. The van der Waals surface area contributed by atoms with Crippen molar-refractivity contribution >= 4 is 22.2 Å². The zero-order valence-electron chi connectivity index (χ0n) is 10.2. The molecule has 2 aromatic rings. The molecular formula is C11H11N5OS. The Bertz CT molecular complexity index is 649. The first-order valence-electron chi connectivity index (χ1n) is 5.23. The molecule has 92 valence electrons. The van der Waals surface area contributed by atoms with Gasteiger partial charge in [-0.3, -0.25) is 9.89 Å². The predicted octanol–water partition coefficient (Wildman–Crippen LogP) is 1.92. The summed E-state index contributed by atoms with van der Waals surface area (Å²) in [5.74, 6) is 0.219. The van der Waals surface area contributed by atoms with Crippen LogP contribution in [0.5, 0.6) is 0 Å². The summed E-state index contributed by atoms with van der Waals surface area (Å²) in [6, 6.07) is 2.09. The molecule has 0 spiro atoms. The van der Waals surface area contributed by atoms with Crippen LogP contribution in [0.3, 0.4) is 0 Å². The molecular weight excluding hydrogens is 250 g/mol. The summed E-state index contributed by atoms with van der Waals surface area (Å²) in [6.45, 7) is 5.48. The Hall–Kier alpha value is -2.20. The number of rotatable bonds is 2. The fourth-order valence-corrected chi connectivity index (χ4v) is 2.46. The third-order valence-corrected chi connectivity index (χ3v) is 3.65. The Morgan fingerprint density at radius 2 is 2.17 bits per heavy atom. The lowest BCUT2D eigenvalue weighted by molar-refractivity contribution is 0.101. The molecule has 2 heterocycles. The van der Waals surface area contributed by atoms with E-state index in [2.05, 4.69) is 26.6 Å². The van der Waals surface area contributed by atoms with E-state index in [4.69, 9.17) is 5.26 Å². The van der Waals surface area contributed by atoms with Crippen molar-refractivity contribution in [2.45, 2.75) is 20.8 Å². The Balaban J connectivity index is 2.28. The molecule has 2 aromatic heterocycles. The molecule has 0 radical (unpaired) electrons. The van der Waals surface area contributed by atoms with Gasteiger partial charge < -0.3 is 5.32 Å². The Labute approximate surface area is 108 Å². The maximum atomic E-state index is 11.9.